The predicted molar refractivity (Wildman–Crippen MR) is 120 cm³/mol. The number of carbonyl (C=O) groups excluding carboxylic acids is 1. The van der Waals surface area contributed by atoms with Crippen LogP contribution < -0.4 is 10.1 Å². The van der Waals surface area contributed by atoms with Crippen molar-refractivity contribution in [2.45, 2.75) is 50.4 Å². The number of tetrazole rings is 1. The van der Waals surface area contributed by atoms with Crippen LogP contribution in [0.3, 0.4) is 0 Å². The van der Waals surface area contributed by atoms with Crippen molar-refractivity contribution in [3.05, 3.63) is 53.6 Å². The third-order valence-electron chi connectivity index (χ3n) is 5.02. The highest BCUT2D eigenvalue weighted by Gasteiger charge is 2.22. The molecule has 0 spiro atoms. The molecule has 0 aliphatic rings. The van der Waals surface area contributed by atoms with Crippen LogP contribution in [0.5, 0.6) is 5.75 Å². The second-order valence-electron chi connectivity index (χ2n) is 7.19. The van der Waals surface area contributed by atoms with Gasteiger partial charge in [-0.25, -0.2) is 0 Å². The van der Waals surface area contributed by atoms with E-state index < -0.39 is 5.25 Å². The summed E-state index contributed by atoms with van der Waals surface area (Å²) in [5, 5.41) is 15.2. The molecule has 2 aromatic carbocycles. The van der Waals surface area contributed by atoms with Gasteiger partial charge >= 0.3 is 0 Å². The maximum atomic E-state index is 12.9. The van der Waals surface area contributed by atoms with E-state index in [0.717, 1.165) is 28.9 Å². The summed E-state index contributed by atoms with van der Waals surface area (Å²) in [7, 11) is 1.61. The van der Waals surface area contributed by atoms with Crippen LogP contribution in [-0.4, -0.2) is 38.5 Å². The van der Waals surface area contributed by atoms with E-state index in [0.29, 0.717) is 16.8 Å². The fraction of sp³-hybridized carbons (Fsp3) is 0.364. The van der Waals surface area contributed by atoms with E-state index in [1.807, 2.05) is 50.2 Å². The molecule has 1 heterocycles. The lowest BCUT2D eigenvalue weighted by Gasteiger charge is -2.17. The number of thioether (sulfide) groups is 1. The van der Waals surface area contributed by atoms with Crippen molar-refractivity contribution in [2.24, 2.45) is 0 Å². The van der Waals surface area contributed by atoms with Crippen molar-refractivity contribution in [3.63, 3.8) is 0 Å². The van der Waals surface area contributed by atoms with Gasteiger partial charge in [-0.15, -0.1) is 5.10 Å². The highest BCUT2D eigenvalue weighted by atomic mass is 32.2. The number of aryl methyl sites for hydroxylation is 1. The van der Waals surface area contributed by atoms with Gasteiger partial charge in [-0.3, -0.25) is 4.79 Å². The molecule has 158 valence electrons. The number of ether oxygens (including phenoxy) is 1. The average molecular weight is 426 g/mol. The van der Waals surface area contributed by atoms with Crippen LogP contribution in [0.4, 0.5) is 5.69 Å². The number of methoxy groups -OCH3 is 1. The first-order valence-electron chi connectivity index (χ1n) is 9.94. The smallest absolute Gasteiger partial charge is 0.237 e. The van der Waals surface area contributed by atoms with E-state index in [1.54, 1.807) is 11.8 Å². The van der Waals surface area contributed by atoms with E-state index in [1.165, 1.54) is 11.8 Å². The molecule has 1 aromatic heterocycles. The Hall–Kier alpha value is -2.87. The maximum Gasteiger partial charge on any atom is 0.237 e. The number of hydrogen-bond donors (Lipinski definition) is 1. The molecule has 0 aliphatic carbocycles. The second-order valence-corrected chi connectivity index (χ2v) is 8.50. The molecule has 3 rings (SSSR count). The Kier molecular flexibility index (Phi) is 7.10. The second kappa shape index (κ2) is 9.75. The van der Waals surface area contributed by atoms with Crippen molar-refractivity contribution < 1.29 is 9.53 Å². The monoisotopic (exact) mass is 425 g/mol. The fourth-order valence-corrected chi connectivity index (χ4v) is 3.88. The molecule has 0 fully saturated rings. The number of aromatic nitrogens is 4. The quantitative estimate of drug-likeness (QED) is 0.531. The highest BCUT2D eigenvalue weighted by molar-refractivity contribution is 8.00. The van der Waals surface area contributed by atoms with E-state index in [4.69, 9.17) is 4.74 Å². The third kappa shape index (κ3) is 4.81. The van der Waals surface area contributed by atoms with Gasteiger partial charge in [0.15, 0.2) is 0 Å². The minimum Gasteiger partial charge on any atom is -0.494 e. The summed E-state index contributed by atoms with van der Waals surface area (Å²) in [5.41, 5.74) is 3.79. The summed E-state index contributed by atoms with van der Waals surface area (Å²) >= 11 is 1.30. The van der Waals surface area contributed by atoms with E-state index in [-0.39, 0.29) is 5.91 Å². The van der Waals surface area contributed by atoms with Gasteiger partial charge in [-0.05, 0) is 65.9 Å². The normalized spacial score (nSPS) is 13.0. The standard InChI is InChI=1S/C22H27N5O2S/c1-6-15(3)17-9-7-8-10-18(17)23-21(28)16(4)30-22-24-25-26-27(22)19-13-14(2)11-12-20(19)29-5/h7-13,15-16H,6H2,1-5H3,(H,23,28). The molecule has 0 radical (unpaired) electrons. The van der Waals surface area contributed by atoms with E-state index in [2.05, 4.69) is 40.8 Å². The minimum absolute atomic E-state index is 0.0958. The Morgan fingerprint density at radius 3 is 2.73 bits per heavy atom. The molecule has 7 nitrogen and oxygen atoms in total. The zero-order valence-electron chi connectivity index (χ0n) is 17.9. The molecule has 0 aliphatic heterocycles. The number of nitrogens with one attached hydrogen (secondary N) is 1. The Bertz CT molecular complexity index is 1020. The van der Waals surface area contributed by atoms with Crippen molar-refractivity contribution in [2.75, 3.05) is 12.4 Å². The molecule has 0 bridgehead atoms. The summed E-state index contributed by atoms with van der Waals surface area (Å²) in [5.74, 6) is 0.932. The van der Waals surface area contributed by atoms with Crippen LogP contribution >= 0.6 is 11.8 Å². The number of anilines is 1. The summed E-state index contributed by atoms with van der Waals surface area (Å²) in [4.78, 5) is 12.9. The van der Waals surface area contributed by atoms with E-state index >= 15 is 0 Å². The molecular weight excluding hydrogens is 398 g/mol. The molecule has 30 heavy (non-hydrogen) atoms. The van der Waals surface area contributed by atoms with Crippen LogP contribution in [0.2, 0.25) is 0 Å². The first kappa shape index (κ1) is 21.8. The fourth-order valence-electron chi connectivity index (χ4n) is 3.08. The lowest BCUT2D eigenvalue weighted by atomic mass is 9.97. The summed E-state index contributed by atoms with van der Waals surface area (Å²) in [6.07, 6.45) is 1.00. The number of nitrogens with zero attached hydrogens (tertiary/aromatic N) is 4. The lowest BCUT2D eigenvalue weighted by Crippen LogP contribution is -2.23. The molecular formula is C22H27N5O2S. The van der Waals surface area contributed by atoms with Crippen LogP contribution in [0.25, 0.3) is 5.69 Å². The maximum absolute atomic E-state index is 12.9. The van der Waals surface area contributed by atoms with Crippen molar-refractivity contribution >= 4 is 23.4 Å². The lowest BCUT2D eigenvalue weighted by molar-refractivity contribution is -0.115. The van der Waals surface area contributed by atoms with Crippen LogP contribution in [-0.2, 0) is 4.79 Å². The third-order valence-corrected chi connectivity index (χ3v) is 6.05. The average Bonchev–Trinajstić information content (AvgIpc) is 3.21. The SMILES string of the molecule is CCC(C)c1ccccc1NC(=O)C(C)Sc1nnnn1-c1cc(C)ccc1OC. The van der Waals surface area contributed by atoms with Gasteiger partial charge < -0.3 is 10.1 Å². The van der Waals surface area contributed by atoms with Gasteiger partial charge in [-0.1, -0.05) is 49.9 Å². The zero-order valence-corrected chi connectivity index (χ0v) is 18.7. The van der Waals surface area contributed by atoms with Gasteiger partial charge in [0.1, 0.15) is 11.4 Å². The number of amides is 1. The molecule has 3 aromatic rings. The number of para-hydroxylation sites is 1. The molecule has 2 unspecified atom stereocenters. The topological polar surface area (TPSA) is 81.9 Å². The largest absolute Gasteiger partial charge is 0.494 e. The van der Waals surface area contributed by atoms with Gasteiger partial charge in [0, 0.05) is 5.69 Å². The first-order valence-corrected chi connectivity index (χ1v) is 10.8. The van der Waals surface area contributed by atoms with Gasteiger partial charge in [-0.2, -0.15) is 4.68 Å². The molecule has 0 saturated carbocycles. The van der Waals surface area contributed by atoms with Crippen LogP contribution in [0, 0.1) is 6.92 Å². The Morgan fingerprint density at radius 2 is 2.00 bits per heavy atom. The van der Waals surface area contributed by atoms with E-state index in [9.17, 15) is 4.79 Å². The molecule has 0 saturated heterocycles. The van der Waals surface area contributed by atoms with Gasteiger partial charge in [0.2, 0.25) is 11.1 Å². The highest BCUT2D eigenvalue weighted by Crippen LogP contribution is 2.30. The van der Waals surface area contributed by atoms with Crippen LogP contribution in [0.15, 0.2) is 47.6 Å². The van der Waals surface area contributed by atoms with Gasteiger partial charge in [0.05, 0.1) is 12.4 Å². The number of benzene rings is 2. The number of rotatable bonds is 8. The Labute approximate surface area is 181 Å². The van der Waals surface area contributed by atoms with Crippen molar-refractivity contribution in [1.82, 2.24) is 20.2 Å². The van der Waals surface area contributed by atoms with Gasteiger partial charge in [0.25, 0.3) is 0 Å². The number of carbonyl (C=O) groups is 1. The molecule has 8 heteroatoms. The zero-order chi connectivity index (χ0) is 21.7. The number of hydrogen-bond acceptors (Lipinski definition) is 6. The minimum atomic E-state index is -0.393. The predicted octanol–water partition coefficient (Wildman–Crippen LogP) is 4.61. The molecule has 1 N–H and O–H groups in total. The summed E-state index contributed by atoms with van der Waals surface area (Å²) in [6.45, 7) is 8.14. The first-order chi connectivity index (χ1) is 14.4. The van der Waals surface area contributed by atoms with Crippen molar-refractivity contribution in [1.29, 1.82) is 0 Å². The Morgan fingerprint density at radius 1 is 1.23 bits per heavy atom. The molecule has 1 amide bonds. The van der Waals surface area contributed by atoms with Crippen molar-refractivity contribution in [3.8, 4) is 11.4 Å². The Balaban J connectivity index is 1.79. The molecule has 2 atom stereocenters. The van der Waals surface area contributed by atoms with Crippen LogP contribution in [0.1, 0.15) is 44.2 Å². The summed E-state index contributed by atoms with van der Waals surface area (Å²) in [6, 6.07) is 13.7. The summed E-state index contributed by atoms with van der Waals surface area (Å²) < 4.78 is 7.06.